The molecule has 2 heterocycles. The Hall–Kier alpha value is -1.76. The lowest BCUT2D eigenvalue weighted by Crippen LogP contribution is -2.08. The molecule has 0 saturated carbocycles. The summed E-state index contributed by atoms with van der Waals surface area (Å²) >= 11 is 5.74. The number of hydrogen-bond donors (Lipinski definition) is 1. The highest BCUT2D eigenvalue weighted by molar-refractivity contribution is 6.28. The maximum Gasteiger partial charge on any atom is 0.258 e. The predicted molar refractivity (Wildman–Crippen MR) is 53.9 cm³/mol. The van der Waals surface area contributed by atoms with Gasteiger partial charge in [-0.25, -0.2) is 4.98 Å². The summed E-state index contributed by atoms with van der Waals surface area (Å²) < 4.78 is 1.41. The van der Waals surface area contributed by atoms with Crippen molar-refractivity contribution in [2.45, 2.75) is 6.92 Å². The standard InChI is InChI=1S/C7H8ClN7/c1-2-10-6-12-5(8)13-7(14-6)15-4-9-3-11-15/h3-4H,2H2,1H3,(H,10,12,13,14). The van der Waals surface area contributed by atoms with E-state index in [4.69, 9.17) is 11.6 Å². The summed E-state index contributed by atoms with van der Waals surface area (Å²) in [5, 5.41) is 6.95. The summed E-state index contributed by atoms with van der Waals surface area (Å²) in [4.78, 5) is 15.7. The minimum atomic E-state index is 0.117. The van der Waals surface area contributed by atoms with Gasteiger partial charge in [0.15, 0.2) is 0 Å². The van der Waals surface area contributed by atoms with Crippen LogP contribution in [-0.4, -0.2) is 36.3 Å². The van der Waals surface area contributed by atoms with Crippen molar-refractivity contribution in [3.63, 3.8) is 0 Å². The van der Waals surface area contributed by atoms with Crippen LogP contribution in [-0.2, 0) is 0 Å². The predicted octanol–water partition coefficient (Wildman–Crippen LogP) is 0.537. The molecule has 0 aliphatic rings. The molecule has 0 saturated heterocycles. The first-order valence-electron chi connectivity index (χ1n) is 4.30. The van der Waals surface area contributed by atoms with Crippen molar-refractivity contribution in [3.05, 3.63) is 17.9 Å². The SMILES string of the molecule is CCNc1nc(Cl)nc(-n2cncn2)n1. The van der Waals surface area contributed by atoms with Gasteiger partial charge in [-0.2, -0.15) is 24.7 Å². The summed E-state index contributed by atoms with van der Waals surface area (Å²) in [7, 11) is 0. The maximum absolute atomic E-state index is 5.74. The molecule has 2 rings (SSSR count). The minimum Gasteiger partial charge on any atom is -0.354 e. The fraction of sp³-hybridized carbons (Fsp3) is 0.286. The first kappa shape index (κ1) is 9.78. The van der Waals surface area contributed by atoms with Crippen molar-refractivity contribution in [1.82, 2.24) is 29.7 Å². The number of anilines is 1. The van der Waals surface area contributed by atoms with Crippen LogP contribution in [0.1, 0.15) is 6.92 Å². The maximum atomic E-state index is 5.74. The van der Waals surface area contributed by atoms with E-state index in [-0.39, 0.29) is 5.28 Å². The average molecular weight is 226 g/mol. The lowest BCUT2D eigenvalue weighted by Gasteiger charge is -2.03. The van der Waals surface area contributed by atoms with Gasteiger partial charge in [-0.3, -0.25) is 0 Å². The Balaban J connectivity index is 2.40. The third kappa shape index (κ3) is 2.18. The Morgan fingerprint density at radius 3 is 2.93 bits per heavy atom. The Kier molecular flexibility index (Phi) is 2.72. The lowest BCUT2D eigenvalue weighted by atomic mass is 10.7. The first-order chi connectivity index (χ1) is 7.29. The highest BCUT2D eigenvalue weighted by Gasteiger charge is 2.06. The second-order valence-corrected chi connectivity index (χ2v) is 2.94. The molecule has 8 heteroatoms. The van der Waals surface area contributed by atoms with Crippen molar-refractivity contribution in [2.75, 3.05) is 11.9 Å². The van der Waals surface area contributed by atoms with Gasteiger partial charge in [0.05, 0.1) is 0 Å². The molecule has 2 aromatic heterocycles. The zero-order valence-electron chi connectivity index (χ0n) is 7.92. The summed E-state index contributed by atoms with van der Waals surface area (Å²) in [6, 6.07) is 0. The van der Waals surface area contributed by atoms with E-state index in [0.717, 1.165) is 0 Å². The number of nitrogens with one attached hydrogen (secondary N) is 1. The zero-order chi connectivity index (χ0) is 10.7. The van der Waals surface area contributed by atoms with E-state index >= 15 is 0 Å². The van der Waals surface area contributed by atoms with Gasteiger partial charge in [0.2, 0.25) is 11.2 Å². The Labute approximate surface area is 90.6 Å². The fourth-order valence-electron chi connectivity index (χ4n) is 0.991. The molecule has 0 fully saturated rings. The van der Waals surface area contributed by atoms with Gasteiger partial charge in [-0.1, -0.05) is 0 Å². The van der Waals surface area contributed by atoms with Crippen LogP contribution in [0, 0.1) is 0 Å². The van der Waals surface area contributed by atoms with E-state index in [1.54, 1.807) is 0 Å². The normalized spacial score (nSPS) is 10.3. The number of halogens is 1. The van der Waals surface area contributed by atoms with Crippen LogP contribution in [0.25, 0.3) is 5.95 Å². The van der Waals surface area contributed by atoms with Crippen LogP contribution in [0.2, 0.25) is 5.28 Å². The summed E-state index contributed by atoms with van der Waals surface area (Å²) in [6.45, 7) is 2.64. The minimum absolute atomic E-state index is 0.117. The van der Waals surface area contributed by atoms with Crippen LogP contribution < -0.4 is 5.32 Å². The van der Waals surface area contributed by atoms with Crippen LogP contribution in [0.3, 0.4) is 0 Å². The highest BCUT2D eigenvalue weighted by atomic mass is 35.5. The zero-order valence-corrected chi connectivity index (χ0v) is 8.68. The Morgan fingerprint density at radius 2 is 2.27 bits per heavy atom. The quantitative estimate of drug-likeness (QED) is 0.821. The van der Waals surface area contributed by atoms with E-state index in [1.807, 2.05) is 6.92 Å². The second-order valence-electron chi connectivity index (χ2n) is 2.60. The Morgan fingerprint density at radius 1 is 1.40 bits per heavy atom. The van der Waals surface area contributed by atoms with Crippen LogP contribution in [0.4, 0.5) is 5.95 Å². The molecule has 7 nitrogen and oxygen atoms in total. The molecule has 1 N–H and O–H groups in total. The summed E-state index contributed by atoms with van der Waals surface area (Å²) in [5.41, 5.74) is 0. The largest absolute Gasteiger partial charge is 0.354 e. The van der Waals surface area contributed by atoms with Crippen molar-refractivity contribution < 1.29 is 0 Å². The molecular formula is C7H8ClN7. The van der Waals surface area contributed by atoms with E-state index in [1.165, 1.54) is 17.3 Å². The molecule has 0 unspecified atom stereocenters. The summed E-state index contributed by atoms with van der Waals surface area (Å²) in [6.07, 6.45) is 2.88. The topological polar surface area (TPSA) is 81.4 Å². The number of hydrogen-bond acceptors (Lipinski definition) is 6. The van der Waals surface area contributed by atoms with Gasteiger partial charge < -0.3 is 5.32 Å². The van der Waals surface area contributed by atoms with Crippen LogP contribution >= 0.6 is 11.6 Å². The number of aromatic nitrogens is 6. The van der Waals surface area contributed by atoms with E-state index < -0.39 is 0 Å². The monoisotopic (exact) mass is 225 g/mol. The molecule has 0 bridgehead atoms. The molecule has 0 atom stereocenters. The van der Waals surface area contributed by atoms with Gasteiger partial charge >= 0.3 is 0 Å². The van der Waals surface area contributed by atoms with E-state index in [9.17, 15) is 0 Å². The molecule has 0 spiro atoms. The molecular weight excluding hydrogens is 218 g/mol. The van der Waals surface area contributed by atoms with Crippen LogP contribution in [0.5, 0.6) is 0 Å². The molecule has 78 valence electrons. The van der Waals surface area contributed by atoms with Gasteiger partial charge in [0.1, 0.15) is 12.7 Å². The van der Waals surface area contributed by atoms with Crippen molar-refractivity contribution >= 4 is 17.5 Å². The van der Waals surface area contributed by atoms with Gasteiger partial charge in [0.25, 0.3) is 5.95 Å². The molecule has 0 aliphatic carbocycles. The third-order valence-electron chi connectivity index (χ3n) is 1.55. The molecule has 15 heavy (non-hydrogen) atoms. The molecule has 0 aliphatic heterocycles. The van der Waals surface area contributed by atoms with E-state index in [2.05, 4.69) is 30.4 Å². The lowest BCUT2D eigenvalue weighted by molar-refractivity contribution is 0.794. The van der Waals surface area contributed by atoms with Gasteiger partial charge in [-0.15, -0.1) is 0 Å². The van der Waals surface area contributed by atoms with Gasteiger partial charge in [0, 0.05) is 6.54 Å². The van der Waals surface area contributed by atoms with Crippen molar-refractivity contribution in [2.24, 2.45) is 0 Å². The average Bonchev–Trinajstić information content (AvgIpc) is 2.70. The Bertz CT molecular complexity index is 441. The smallest absolute Gasteiger partial charge is 0.258 e. The van der Waals surface area contributed by atoms with Crippen LogP contribution in [0.15, 0.2) is 12.7 Å². The van der Waals surface area contributed by atoms with Crippen molar-refractivity contribution in [3.8, 4) is 5.95 Å². The van der Waals surface area contributed by atoms with E-state index in [0.29, 0.717) is 18.4 Å². The summed E-state index contributed by atoms with van der Waals surface area (Å²) in [5.74, 6) is 0.756. The van der Waals surface area contributed by atoms with Crippen molar-refractivity contribution in [1.29, 1.82) is 0 Å². The molecule has 0 amide bonds. The fourth-order valence-corrected chi connectivity index (χ4v) is 1.15. The molecule has 0 aromatic carbocycles. The van der Waals surface area contributed by atoms with Gasteiger partial charge in [-0.05, 0) is 18.5 Å². The second kappa shape index (κ2) is 4.18. The number of rotatable bonds is 3. The number of nitrogens with zero attached hydrogens (tertiary/aromatic N) is 6. The third-order valence-corrected chi connectivity index (χ3v) is 1.72. The first-order valence-corrected chi connectivity index (χ1v) is 4.68. The molecule has 2 aromatic rings. The highest BCUT2D eigenvalue weighted by Crippen LogP contribution is 2.07. The molecule has 0 radical (unpaired) electrons.